The normalized spacial score (nSPS) is 10.4. The van der Waals surface area contributed by atoms with Gasteiger partial charge in [-0.05, 0) is 35.7 Å². The Bertz CT molecular complexity index is 630. The molecule has 0 radical (unpaired) electrons. The summed E-state index contributed by atoms with van der Waals surface area (Å²) in [7, 11) is 1.81. The number of hydrogen-bond acceptors (Lipinski definition) is 1. The third-order valence-corrected chi connectivity index (χ3v) is 4.17. The van der Waals surface area contributed by atoms with Crippen LogP contribution in [-0.4, -0.2) is 17.9 Å². The zero-order valence-electron chi connectivity index (χ0n) is 11.9. The number of carbonyl (C=O) groups excluding carboxylic acids is 1. The summed E-state index contributed by atoms with van der Waals surface area (Å²) in [6, 6.07) is 15.7. The number of rotatable bonds is 5. The molecule has 0 aliphatic rings. The van der Waals surface area contributed by atoms with Gasteiger partial charge in [0.15, 0.2) is 0 Å². The lowest BCUT2D eigenvalue weighted by atomic mass is 10.1. The zero-order valence-corrected chi connectivity index (χ0v) is 14.2. The number of amides is 1. The van der Waals surface area contributed by atoms with Crippen LogP contribution in [0.1, 0.15) is 17.5 Å². The third-order valence-electron chi connectivity index (χ3n) is 3.31. The van der Waals surface area contributed by atoms with Crippen molar-refractivity contribution in [2.75, 3.05) is 7.05 Å². The van der Waals surface area contributed by atoms with Crippen molar-refractivity contribution in [3.8, 4) is 0 Å². The molecule has 110 valence electrons. The molecule has 21 heavy (non-hydrogen) atoms. The molecule has 0 aliphatic carbocycles. The highest BCUT2D eigenvalue weighted by atomic mass is 79.9. The summed E-state index contributed by atoms with van der Waals surface area (Å²) in [6.07, 6.45) is 1.24. The third kappa shape index (κ3) is 4.87. The Hall–Kier alpha value is -1.32. The summed E-state index contributed by atoms with van der Waals surface area (Å²) in [5.41, 5.74) is 2.13. The first-order valence-corrected chi connectivity index (χ1v) is 7.95. The molecule has 0 fully saturated rings. The van der Waals surface area contributed by atoms with E-state index in [0.29, 0.717) is 18.0 Å². The van der Waals surface area contributed by atoms with Crippen LogP contribution in [0.25, 0.3) is 0 Å². The van der Waals surface area contributed by atoms with E-state index in [9.17, 15) is 4.79 Å². The van der Waals surface area contributed by atoms with E-state index in [1.165, 1.54) is 0 Å². The first-order chi connectivity index (χ1) is 10.1. The predicted molar refractivity (Wildman–Crippen MR) is 90.4 cm³/mol. The molecule has 0 N–H and O–H groups in total. The van der Waals surface area contributed by atoms with Gasteiger partial charge in [-0.25, -0.2) is 0 Å². The molecular formula is C17H17BrClNO. The van der Waals surface area contributed by atoms with Gasteiger partial charge in [-0.15, -0.1) is 0 Å². The maximum atomic E-state index is 12.2. The average Bonchev–Trinajstić information content (AvgIpc) is 2.47. The summed E-state index contributed by atoms with van der Waals surface area (Å²) in [4.78, 5) is 13.9. The van der Waals surface area contributed by atoms with Gasteiger partial charge in [-0.1, -0.05) is 57.9 Å². The Kier molecular flexibility index (Phi) is 5.83. The van der Waals surface area contributed by atoms with Crippen molar-refractivity contribution in [1.29, 1.82) is 0 Å². The monoisotopic (exact) mass is 365 g/mol. The predicted octanol–water partition coefficient (Wildman–Crippen LogP) is 4.69. The van der Waals surface area contributed by atoms with E-state index in [-0.39, 0.29) is 5.91 Å². The van der Waals surface area contributed by atoms with E-state index in [4.69, 9.17) is 11.6 Å². The standard InChI is InChI=1S/C17H17BrClNO/c1-20(12-14-6-2-3-8-16(14)19)17(21)10-9-13-5-4-7-15(18)11-13/h2-8,11H,9-10,12H2,1H3. The quantitative estimate of drug-likeness (QED) is 0.751. The zero-order chi connectivity index (χ0) is 15.2. The Morgan fingerprint density at radius 2 is 1.95 bits per heavy atom. The Morgan fingerprint density at radius 1 is 1.19 bits per heavy atom. The molecule has 0 aromatic heterocycles. The van der Waals surface area contributed by atoms with E-state index < -0.39 is 0 Å². The van der Waals surface area contributed by atoms with Crippen LogP contribution in [0.4, 0.5) is 0 Å². The number of benzene rings is 2. The lowest BCUT2D eigenvalue weighted by Crippen LogP contribution is -2.26. The number of carbonyl (C=O) groups is 1. The second-order valence-corrected chi connectivity index (χ2v) is 6.29. The molecule has 0 saturated carbocycles. The fraction of sp³-hybridized carbons (Fsp3) is 0.235. The fourth-order valence-electron chi connectivity index (χ4n) is 2.10. The number of halogens is 2. The summed E-state index contributed by atoms with van der Waals surface area (Å²) >= 11 is 9.56. The Balaban J connectivity index is 1.90. The van der Waals surface area contributed by atoms with Gasteiger partial charge in [0.05, 0.1) is 0 Å². The summed E-state index contributed by atoms with van der Waals surface area (Å²) < 4.78 is 1.04. The van der Waals surface area contributed by atoms with Gasteiger partial charge >= 0.3 is 0 Å². The van der Waals surface area contributed by atoms with Crippen LogP contribution in [0.2, 0.25) is 5.02 Å². The highest BCUT2D eigenvalue weighted by molar-refractivity contribution is 9.10. The van der Waals surface area contributed by atoms with E-state index in [0.717, 1.165) is 22.0 Å². The summed E-state index contributed by atoms with van der Waals surface area (Å²) in [5, 5.41) is 0.698. The lowest BCUT2D eigenvalue weighted by Gasteiger charge is -2.18. The van der Waals surface area contributed by atoms with Gasteiger partial charge in [-0.2, -0.15) is 0 Å². The van der Waals surface area contributed by atoms with Gasteiger partial charge in [0.2, 0.25) is 5.91 Å². The molecular weight excluding hydrogens is 350 g/mol. The molecule has 0 heterocycles. The molecule has 2 nitrogen and oxygen atoms in total. The Morgan fingerprint density at radius 3 is 2.67 bits per heavy atom. The van der Waals surface area contributed by atoms with Crippen LogP contribution in [0.5, 0.6) is 0 Å². The first kappa shape index (κ1) is 16.1. The lowest BCUT2D eigenvalue weighted by molar-refractivity contribution is -0.130. The minimum atomic E-state index is 0.120. The minimum Gasteiger partial charge on any atom is -0.341 e. The first-order valence-electron chi connectivity index (χ1n) is 6.78. The van der Waals surface area contributed by atoms with Crippen LogP contribution in [0.15, 0.2) is 53.0 Å². The second kappa shape index (κ2) is 7.62. The van der Waals surface area contributed by atoms with E-state index in [1.54, 1.807) is 4.90 Å². The van der Waals surface area contributed by atoms with E-state index >= 15 is 0 Å². The molecule has 0 saturated heterocycles. The average molecular weight is 367 g/mol. The number of hydrogen-bond donors (Lipinski definition) is 0. The van der Waals surface area contributed by atoms with Crippen LogP contribution in [0.3, 0.4) is 0 Å². The van der Waals surface area contributed by atoms with Gasteiger partial charge in [0.1, 0.15) is 0 Å². The molecule has 1 amide bonds. The van der Waals surface area contributed by atoms with Crippen LogP contribution < -0.4 is 0 Å². The SMILES string of the molecule is CN(Cc1ccccc1Cl)C(=O)CCc1cccc(Br)c1. The second-order valence-electron chi connectivity index (χ2n) is 4.97. The van der Waals surface area contributed by atoms with Crippen molar-refractivity contribution < 1.29 is 4.79 Å². The maximum absolute atomic E-state index is 12.2. The number of nitrogens with zero attached hydrogens (tertiary/aromatic N) is 1. The summed E-state index contributed by atoms with van der Waals surface area (Å²) in [6.45, 7) is 0.539. The van der Waals surface area contributed by atoms with Crippen LogP contribution in [0, 0.1) is 0 Å². The topological polar surface area (TPSA) is 20.3 Å². The largest absolute Gasteiger partial charge is 0.341 e. The van der Waals surface area contributed by atoms with Gasteiger partial charge in [0, 0.05) is 29.5 Å². The van der Waals surface area contributed by atoms with Crippen molar-refractivity contribution in [1.82, 2.24) is 4.90 Å². The van der Waals surface area contributed by atoms with Crippen molar-refractivity contribution >= 4 is 33.4 Å². The highest BCUT2D eigenvalue weighted by Crippen LogP contribution is 2.17. The maximum Gasteiger partial charge on any atom is 0.222 e. The molecule has 0 aliphatic heterocycles. The van der Waals surface area contributed by atoms with E-state index in [2.05, 4.69) is 15.9 Å². The molecule has 2 rings (SSSR count). The van der Waals surface area contributed by atoms with Crippen molar-refractivity contribution in [2.45, 2.75) is 19.4 Å². The molecule has 0 unspecified atom stereocenters. The van der Waals surface area contributed by atoms with Gasteiger partial charge in [-0.3, -0.25) is 4.79 Å². The van der Waals surface area contributed by atoms with Crippen molar-refractivity contribution in [2.24, 2.45) is 0 Å². The molecule has 2 aromatic carbocycles. The minimum absolute atomic E-state index is 0.120. The van der Waals surface area contributed by atoms with Crippen LogP contribution in [-0.2, 0) is 17.8 Å². The van der Waals surface area contributed by atoms with Crippen LogP contribution >= 0.6 is 27.5 Å². The van der Waals surface area contributed by atoms with Gasteiger partial charge in [0.25, 0.3) is 0 Å². The van der Waals surface area contributed by atoms with Crippen molar-refractivity contribution in [3.63, 3.8) is 0 Å². The smallest absolute Gasteiger partial charge is 0.222 e. The van der Waals surface area contributed by atoms with E-state index in [1.807, 2.05) is 55.6 Å². The molecule has 4 heteroatoms. The van der Waals surface area contributed by atoms with Crippen molar-refractivity contribution in [3.05, 3.63) is 69.2 Å². The number of aryl methyl sites for hydroxylation is 1. The Labute approximate surface area is 138 Å². The van der Waals surface area contributed by atoms with Gasteiger partial charge < -0.3 is 4.90 Å². The summed E-state index contributed by atoms with van der Waals surface area (Å²) in [5.74, 6) is 0.120. The fourth-order valence-corrected chi connectivity index (χ4v) is 2.75. The molecule has 0 bridgehead atoms. The molecule has 2 aromatic rings. The highest BCUT2D eigenvalue weighted by Gasteiger charge is 2.11. The molecule has 0 atom stereocenters. The molecule has 0 spiro atoms.